The molecule has 74 valence electrons. The normalized spacial score (nSPS) is 51.9. The Bertz CT molecular complexity index is 213. The van der Waals surface area contributed by atoms with Crippen LogP contribution in [0, 0.1) is 23.2 Å². The van der Waals surface area contributed by atoms with Gasteiger partial charge in [0.15, 0.2) is 0 Å². The maximum atomic E-state index is 3.52. The molecule has 0 aromatic carbocycles. The molecule has 0 aromatic heterocycles. The number of hydrogen-bond donors (Lipinski definition) is 1. The first-order chi connectivity index (χ1) is 6.37. The van der Waals surface area contributed by atoms with Crippen molar-refractivity contribution in [1.29, 1.82) is 0 Å². The first-order valence-electron chi connectivity index (χ1n) is 6.07. The molecule has 3 aliphatic rings. The molecular formula is C12H21N. The second kappa shape index (κ2) is 2.73. The van der Waals surface area contributed by atoms with Crippen molar-refractivity contribution in [3.8, 4) is 0 Å². The van der Waals surface area contributed by atoms with E-state index in [0.29, 0.717) is 0 Å². The Hall–Kier alpha value is -0.0400. The standard InChI is InChI=1S/C12H21N/c1-2-13-8-10-7-12(10)5-3-4-9-6-11(9)12/h9-11,13H,2-8H2,1H3. The number of fused-ring (bicyclic) bond motifs is 2. The van der Waals surface area contributed by atoms with E-state index in [9.17, 15) is 0 Å². The molecule has 0 aliphatic heterocycles. The third kappa shape index (κ3) is 1.16. The highest BCUT2D eigenvalue weighted by Gasteiger charge is 2.66. The van der Waals surface area contributed by atoms with Gasteiger partial charge in [-0.25, -0.2) is 0 Å². The summed E-state index contributed by atoms with van der Waals surface area (Å²) in [5.41, 5.74) is 0.866. The van der Waals surface area contributed by atoms with Crippen molar-refractivity contribution in [1.82, 2.24) is 5.32 Å². The Morgan fingerprint density at radius 2 is 2.38 bits per heavy atom. The second-order valence-electron chi connectivity index (χ2n) is 5.44. The Labute approximate surface area is 81.3 Å². The van der Waals surface area contributed by atoms with Gasteiger partial charge in [-0.3, -0.25) is 0 Å². The molecule has 1 nitrogen and oxygen atoms in total. The first-order valence-corrected chi connectivity index (χ1v) is 6.07. The van der Waals surface area contributed by atoms with Crippen LogP contribution in [0.4, 0.5) is 0 Å². The van der Waals surface area contributed by atoms with Crippen molar-refractivity contribution in [3.05, 3.63) is 0 Å². The van der Waals surface area contributed by atoms with Gasteiger partial charge in [-0.15, -0.1) is 0 Å². The molecule has 3 saturated carbocycles. The van der Waals surface area contributed by atoms with Crippen molar-refractivity contribution < 1.29 is 0 Å². The van der Waals surface area contributed by atoms with Gasteiger partial charge >= 0.3 is 0 Å². The van der Waals surface area contributed by atoms with E-state index in [1.807, 2.05) is 0 Å². The molecule has 0 heterocycles. The number of hydrogen-bond acceptors (Lipinski definition) is 1. The van der Waals surface area contributed by atoms with Gasteiger partial charge in [0.05, 0.1) is 0 Å². The molecule has 0 saturated heterocycles. The maximum absolute atomic E-state index is 3.52. The first kappa shape index (κ1) is 8.28. The van der Waals surface area contributed by atoms with Crippen LogP contribution >= 0.6 is 0 Å². The smallest absolute Gasteiger partial charge is 0.00150 e. The van der Waals surface area contributed by atoms with Crippen LogP contribution in [0.5, 0.6) is 0 Å². The van der Waals surface area contributed by atoms with Gasteiger partial charge in [-0.05, 0) is 55.5 Å². The summed E-state index contributed by atoms with van der Waals surface area (Å²) in [5, 5.41) is 3.52. The summed E-state index contributed by atoms with van der Waals surface area (Å²) in [6.45, 7) is 4.68. The molecular weight excluding hydrogens is 158 g/mol. The van der Waals surface area contributed by atoms with Crippen molar-refractivity contribution in [2.45, 2.75) is 39.0 Å². The number of rotatable bonds is 3. The van der Waals surface area contributed by atoms with Gasteiger partial charge in [-0.1, -0.05) is 19.8 Å². The van der Waals surface area contributed by atoms with Crippen molar-refractivity contribution >= 4 is 0 Å². The maximum Gasteiger partial charge on any atom is -0.00150 e. The van der Waals surface area contributed by atoms with Gasteiger partial charge < -0.3 is 5.32 Å². The fourth-order valence-electron chi connectivity index (χ4n) is 3.90. The molecule has 1 heteroatoms. The fourth-order valence-corrected chi connectivity index (χ4v) is 3.90. The SMILES string of the molecule is CCNCC1CC12CCCC1CC12. The average Bonchev–Trinajstić information content (AvgIpc) is 2.99. The van der Waals surface area contributed by atoms with Crippen LogP contribution in [0.25, 0.3) is 0 Å². The molecule has 4 unspecified atom stereocenters. The molecule has 0 aromatic rings. The van der Waals surface area contributed by atoms with Crippen LogP contribution in [0.1, 0.15) is 39.0 Å². The lowest BCUT2D eigenvalue weighted by atomic mass is 9.84. The van der Waals surface area contributed by atoms with E-state index in [1.165, 1.54) is 24.8 Å². The lowest BCUT2D eigenvalue weighted by Gasteiger charge is -2.22. The minimum atomic E-state index is 0.866. The van der Waals surface area contributed by atoms with Gasteiger partial charge in [-0.2, -0.15) is 0 Å². The molecule has 4 atom stereocenters. The minimum Gasteiger partial charge on any atom is -0.317 e. The molecule has 0 bridgehead atoms. The zero-order chi connectivity index (χ0) is 8.89. The lowest BCUT2D eigenvalue weighted by Crippen LogP contribution is -2.22. The van der Waals surface area contributed by atoms with E-state index in [-0.39, 0.29) is 0 Å². The highest BCUT2D eigenvalue weighted by Crippen LogP contribution is 2.73. The van der Waals surface area contributed by atoms with E-state index in [2.05, 4.69) is 12.2 Å². The summed E-state index contributed by atoms with van der Waals surface area (Å²) in [4.78, 5) is 0. The van der Waals surface area contributed by atoms with E-state index >= 15 is 0 Å². The zero-order valence-electron chi connectivity index (χ0n) is 8.68. The molecule has 3 aliphatic carbocycles. The molecule has 3 rings (SSSR count). The summed E-state index contributed by atoms with van der Waals surface area (Å²) in [6, 6.07) is 0. The second-order valence-corrected chi connectivity index (χ2v) is 5.44. The molecule has 0 amide bonds. The summed E-state index contributed by atoms with van der Waals surface area (Å²) >= 11 is 0. The molecule has 3 fully saturated rings. The summed E-state index contributed by atoms with van der Waals surface area (Å²) < 4.78 is 0. The van der Waals surface area contributed by atoms with Crippen molar-refractivity contribution in [2.24, 2.45) is 23.2 Å². The molecule has 13 heavy (non-hydrogen) atoms. The molecule has 0 radical (unpaired) electrons. The van der Waals surface area contributed by atoms with Gasteiger partial charge in [0.25, 0.3) is 0 Å². The molecule has 1 N–H and O–H groups in total. The van der Waals surface area contributed by atoms with Gasteiger partial charge in [0, 0.05) is 0 Å². The topological polar surface area (TPSA) is 12.0 Å². The zero-order valence-corrected chi connectivity index (χ0v) is 8.68. The van der Waals surface area contributed by atoms with Crippen LogP contribution in [0.15, 0.2) is 0 Å². The van der Waals surface area contributed by atoms with Gasteiger partial charge in [0.1, 0.15) is 0 Å². The third-order valence-electron chi connectivity index (χ3n) is 4.80. The predicted octanol–water partition coefficient (Wildman–Crippen LogP) is 2.42. The van der Waals surface area contributed by atoms with Crippen molar-refractivity contribution in [3.63, 3.8) is 0 Å². The Morgan fingerprint density at radius 1 is 1.46 bits per heavy atom. The van der Waals surface area contributed by atoms with E-state index < -0.39 is 0 Å². The minimum absolute atomic E-state index is 0.866. The van der Waals surface area contributed by atoms with Crippen LogP contribution in [0.2, 0.25) is 0 Å². The van der Waals surface area contributed by atoms with E-state index in [4.69, 9.17) is 0 Å². The number of nitrogens with one attached hydrogen (secondary N) is 1. The fraction of sp³-hybridized carbons (Fsp3) is 1.00. The monoisotopic (exact) mass is 179 g/mol. The highest BCUT2D eigenvalue weighted by molar-refractivity contribution is 5.15. The van der Waals surface area contributed by atoms with Crippen LogP contribution in [-0.4, -0.2) is 13.1 Å². The van der Waals surface area contributed by atoms with Crippen LogP contribution in [0.3, 0.4) is 0 Å². The molecule has 1 spiro atoms. The highest BCUT2D eigenvalue weighted by atomic mass is 14.9. The largest absolute Gasteiger partial charge is 0.317 e. The van der Waals surface area contributed by atoms with Crippen LogP contribution < -0.4 is 5.32 Å². The van der Waals surface area contributed by atoms with Crippen molar-refractivity contribution in [2.75, 3.05) is 13.1 Å². The summed E-state index contributed by atoms with van der Waals surface area (Å²) in [5.74, 6) is 3.40. The average molecular weight is 179 g/mol. The van der Waals surface area contributed by atoms with E-state index in [0.717, 1.165) is 17.9 Å². The third-order valence-corrected chi connectivity index (χ3v) is 4.80. The lowest BCUT2D eigenvalue weighted by molar-refractivity contribution is 0.282. The van der Waals surface area contributed by atoms with E-state index in [1.54, 1.807) is 25.7 Å². The quantitative estimate of drug-likeness (QED) is 0.701. The van der Waals surface area contributed by atoms with Gasteiger partial charge in [0.2, 0.25) is 0 Å². The summed E-state index contributed by atoms with van der Waals surface area (Å²) in [6.07, 6.45) is 7.79. The Kier molecular flexibility index (Phi) is 1.74. The Morgan fingerprint density at radius 3 is 3.23 bits per heavy atom. The predicted molar refractivity (Wildman–Crippen MR) is 54.5 cm³/mol. The summed E-state index contributed by atoms with van der Waals surface area (Å²) in [7, 11) is 0. The van der Waals surface area contributed by atoms with Crippen LogP contribution in [-0.2, 0) is 0 Å². The Balaban J connectivity index is 1.59.